The zero-order chi connectivity index (χ0) is 20.0. The van der Waals surface area contributed by atoms with Crippen LogP contribution in [0.25, 0.3) is 0 Å². The molecule has 0 spiro atoms. The Morgan fingerprint density at radius 2 is 1.89 bits per heavy atom. The standard InChI is InChI=1S/C20H21FN2O4/c1-12-10-14(7-8-16(12)21)18(20(26)27)23-17(24)9-6-13-4-3-5-15(11-13)19(25)22-2/h3-5,7-8,10-11,18H,6,9H2,1-2H3,(H,22,25)(H,23,24)(H,26,27). The summed E-state index contributed by atoms with van der Waals surface area (Å²) in [5, 5.41) is 14.4. The lowest BCUT2D eigenvalue weighted by molar-refractivity contribution is -0.142. The minimum atomic E-state index is -1.26. The average molecular weight is 372 g/mol. The van der Waals surface area contributed by atoms with Crippen LogP contribution < -0.4 is 10.6 Å². The van der Waals surface area contributed by atoms with E-state index in [-0.39, 0.29) is 12.3 Å². The number of aryl methyl sites for hydroxylation is 2. The molecular formula is C20H21FN2O4. The summed E-state index contributed by atoms with van der Waals surface area (Å²) in [6.07, 6.45) is 0.409. The molecule has 7 heteroatoms. The molecule has 0 saturated carbocycles. The van der Waals surface area contributed by atoms with Gasteiger partial charge in [0.25, 0.3) is 5.91 Å². The Balaban J connectivity index is 2.03. The Labute approximate surface area is 156 Å². The van der Waals surface area contributed by atoms with Gasteiger partial charge in [0, 0.05) is 19.0 Å². The third-order valence-corrected chi connectivity index (χ3v) is 4.12. The molecule has 2 rings (SSSR count). The highest BCUT2D eigenvalue weighted by atomic mass is 19.1. The molecule has 2 aromatic carbocycles. The van der Waals surface area contributed by atoms with Gasteiger partial charge in [-0.25, -0.2) is 9.18 Å². The van der Waals surface area contributed by atoms with Gasteiger partial charge in [-0.1, -0.05) is 24.3 Å². The molecule has 0 heterocycles. The molecule has 0 aliphatic carbocycles. The van der Waals surface area contributed by atoms with Crippen LogP contribution in [-0.4, -0.2) is 29.9 Å². The molecule has 0 fully saturated rings. The van der Waals surface area contributed by atoms with E-state index in [4.69, 9.17) is 0 Å². The van der Waals surface area contributed by atoms with Crippen LogP contribution in [0.15, 0.2) is 42.5 Å². The van der Waals surface area contributed by atoms with Crippen molar-refractivity contribution >= 4 is 17.8 Å². The highest BCUT2D eigenvalue weighted by Gasteiger charge is 2.22. The van der Waals surface area contributed by atoms with E-state index in [0.29, 0.717) is 23.1 Å². The third-order valence-electron chi connectivity index (χ3n) is 4.12. The first-order valence-electron chi connectivity index (χ1n) is 8.41. The van der Waals surface area contributed by atoms with Gasteiger partial charge >= 0.3 is 5.97 Å². The fourth-order valence-corrected chi connectivity index (χ4v) is 2.64. The zero-order valence-corrected chi connectivity index (χ0v) is 15.1. The summed E-state index contributed by atoms with van der Waals surface area (Å²) in [7, 11) is 1.53. The number of aliphatic carboxylic acids is 1. The van der Waals surface area contributed by atoms with Crippen molar-refractivity contribution in [3.63, 3.8) is 0 Å². The molecule has 0 saturated heterocycles. The Hall–Kier alpha value is -3.22. The smallest absolute Gasteiger partial charge is 0.330 e. The molecule has 0 radical (unpaired) electrons. The summed E-state index contributed by atoms with van der Waals surface area (Å²) in [5.74, 6) is -2.34. The van der Waals surface area contributed by atoms with E-state index < -0.39 is 23.7 Å². The highest BCUT2D eigenvalue weighted by Crippen LogP contribution is 2.18. The van der Waals surface area contributed by atoms with Gasteiger partial charge < -0.3 is 15.7 Å². The number of carbonyl (C=O) groups is 3. The molecule has 0 aromatic heterocycles. The normalized spacial score (nSPS) is 11.5. The van der Waals surface area contributed by atoms with E-state index in [9.17, 15) is 23.9 Å². The number of halogens is 1. The van der Waals surface area contributed by atoms with Crippen LogP contribution in [0.4, 0.5) is 4.39 Å². The monoisotopic (exact) mass is 372 g/mol. The summed E-state index contributed by atoms with van der Waals surface area (Å²) >= 11 is 0. The molecule has 142 valence electrons. The number of hydrogen-bond acceptors (Lipinski definition) is 3. The van der Waals surface area contributed by atoms with Crippen molar-refractivity contribution in [3.05, 3.63) is 70.5 Å². The number of carbonyl (C=O) groups excluding carboxylic acids is 2. The Morgan fingerprint density at radius 3 is 2.52 bits per heavy atom. The van der Waals surface area contributed by atoms with Crippen molar-refractivity contribution < 1.29 is 23.9 Å². The lowest BCUT2D eigenvalue weighted by Crippen LogP contribution is -2.34. The molecule has 6 nitrogen and oxygen atoms in total. The molecule has 1 unspecified atom stereocenters. The second-order valence-electron chi connectivity index (χ2n) is 6.13. The van der Waals surface area contributed by atoms with Gasteiger partial charge in [0.2, 0.25) is 5.91 Å². The molecule has 2 aromatic rings. The number of nitrogens with one attached hydrogen (secondary N) is 2. The fourth-order valence-electron chi connectivity index (χ4n) is 2.64. The second-order valence-corrected chi connectivity index (χ2v) is 6.13. The van der Waals surface area contributed by atoms with E-state index in [1.54, 1.807) is 24.3 Å². The van der Waals surface area contributed by atoms with Gasteiger partial charge in [-0.3, -0.25) is 9.59 Å². The van der Waals surface area contributed by atoms with Crippen molar-refractivity contribution in [2.24, 2.45) is 0 Å². The number of rotatable bonds is 7. The quantitative estimate of drug-likeness (QED) is 0.695. The van der Waals surface area contributed by atoms with E-state index in [2.05, 4.69) is 10.6 Å². The number of hydrogen-bond donors (Lipinski definition) is 3. The maximum Gasteiger partial charge on any atom is 0.330 e. The number of carboxylic acid groups (broad SMARTS) is 1. The molecule has 27 heavy (non-hydrogen) atoms. The van der Waals surface area contributed by atoms with Gasteiger partial charge in [-0.05, 0) is 48.2 Å². The second kappa shape index (κ2) is 8.93. The summed E-state index contributed by atoms with van der Waals surface area (Å²) in [6.45, 7) is 1.53. The minimum Gasteiger partial charge on any atom is -0.479 e. The number of benzene rings is 2. The van der Waals surface area contributed by atoms with E-state index in [1.165, 1.54) is 32.2 Å². The Kier molecular flexibility index (Phi) is 6.65. The van der Waals surface area contributed by atoms with Crippen LogP contribution in [-0.2, 0) is 16.0 Å². The van der Waals surface area contributed by atoms with Crippen molar-refractivity contribution in [1.82, 2.24) is 10.6 Å². The van der Waals surface area contributed by atoms with Crippen LogP contribution in [0.1, 0.15) is 39.5 Å². The van der Waals surface area contributed by atoms with Crippen LogP contribution >= 0.6 is 0 Å². The SMILES string of the molecule is CNC(=O)c1cccc(CCC(=O)NC(C(=O)O)c2ccc(F)c(C)c2)c1. The van der Waals surface area contributed by atoms with Gasteiger partial charge in [0.05, 0.1) is 0 Å². The lowest BCUT2D eigenvalue weighted by Gasteiger charge is -2.16. The molecule has 2 amide bonds. The van der Waals surface area contributed by atoms with Gasteiger partial charge in [-0.2, -0.15) is 0 Å². The summed E-state index contributed by atoms with van der Waals surface area (Å²) in [5.41, 5.74) is 1.88. The van der Waals surface area contributed by atoms with Crippen molar-refractivity contribution in [1.29, 1.82) is 0 Å². The molecular weight excluding hydrogens is 351 g/mol. The van der Waals surface area contributed by atoms with Crippen LogP contribution in [0.2, 0.25) is 0 Å². The van der Waals surface area contributed by atoms with E-state index >= 15 is 0 Å². The largest absolute Gasteiger partial charge is 0.479 e. The molecule has 0 aliphatic rings. The zero-order valence-electron chi connectivity index (χ0n) is 15.1. The first kappa shape index (κ1) is 20.1. The summed E-state index contributed by atoms with van der Waals surface area (Å²) < 4.78 is 13.4. The van der Waals surface area contributed by atoms with Gasteiger partial charge in [0.15, 0.2) is 6.04 Å². The number of amides is 2. The average Bonchev–Trinajstić information content (AvgIpc) is 2.66. The summed E-state index contributed by atoms with van der Waals surface area (Å²) in [6, 6.07) is 9.53. The topological polar surface area (TPSA) is 95.5 Å². The minimum absolute atomic E-state index is 0.0567. The maximum atomic E-state index is 13.4. The molecule has 1 atom stereocenters. The van der Waals surface area contributed by atoms with Crippen molar-refractivity contribution in [2.75, 3.05) is 7.05 Å². The first-order chi connectivity index (χ1) is 12.8. The number of carboxylic acids is 1. The van der Waals surface area contributed by atoms with Crippen molar-refractivity contribution in [2.45, 2.75) is 25.8 Å². The highest BCUT2D eigenvalue weighted by molar-refractivity contribution is 5.94. The Bertz CT molecular complexity index is 867. The first-order valence-corrected chi connectivity index (χ1v) is 8.41. The van der Waals surface area contributed by atoms with E-state index in [0.717, 1.165) is 5.56 Å². The molecule has 3 N–H and O–H groups in total. The van der Waals surface area contributed by atoms with Crippen LogP contribution in [0.3, 0.4) is 0 Å². The third kappa shape index (κ3) is 5.37. The predicted molar refractivity (Wildman–Crippen MR) is 97.8 cm³/mol. The van der Waals surface area contributed by atoms with Gasteiger partial charge in [-0.15, -0.1) is 0 Å². The van der Waals surface area contributed by atoms with Crippen LogP contribution in [0, 0.1) is 12.7 Å². The van der Waals surface area contributed by atoms with Gasteiger partial charge in [0.1, 0.15) is 5.82 Å². The predicted octanol–water partition coefficient (Wildman–Crippen LogP) is 2.37. The van der Waals surface area contributed by atoms with E-state index in [1.807, 2.05) is 0 Å². The fraction of sp³-hybridized carbons (Fsp3) is 0.250. The summed E-state index contributed by atoms with van der Waals surface area (Å²) in [4.78, 5) is 35.4. The lowest BCUT2D eigenvalue weighted by atomic mass is 10.0. The van der Waals surface area contributed by atoms with Crippen LogP contribution in [0.5, 0.6) is 0 Å². The maximum absolute atomic E-state index is 13.4. The van der Waals surface area contributed by atoms with Crippen molar-refractivity contribution in [3.8, 4) is 0 Å². The molecule has 0 aliphatic heterocycles. The molecule has 0 bridgehead atoms. The Morgan fingerprint density at radius 1 is 1.15 bits per heavy atom.